The third-order valence-corrected chi connectivity index (χ3v) is 2.42. The fourth-order valence-corrected chi connectivity index (χ4v) is 1.61. The first-order chi connectivity index (χ1) is 7.72. The van der Waals surface area contributed by atoms with Gasteiger partial charge >= 0.3 is 6.09 Å². The quantitative estimate of drug-likeness (QED) is 0.774. The van der Waals surface area contributed by atoms with E-state index in [1.54, 1.807) is 6.07 Å². The summed E-state index contributed by atoms with van der Waals surface area (Å²) in [6.07, 6.45) is 0.315. The van der Waals surface area contributed by atoms with Crippen LogP contribution in [0.5, 0.6) is 5.75 Å². The molecule has 0 aromatic heterocycles. The molecule has 16 heavy (non-hydrogen) atoms. The number of rotatable bonds is 2. The monoisotopic (exact) mass is 225 g/mol. The molecule has 86 valence electrons. The van der Waals surface area contributed by atoms with Gasteiger partial charge < -0.3 is 9.47 Å². The third-order valence-electron chi connectivity index (χ3n) is 2.42. The number of nitrogens with zero attached hydrogens (tertiary/aromatic N) is 1. The summed E-state index contributed by atoms with van der Waals surface area (Å²) in [7, 11) is 1.40. The summed E-state index contributed by atoms with van der Waals surface area (Å²) < 4.78 is 23.1. The van der Waals surface area contributed by atoms with E-state index in [0.29, 0.717) is 18.8 Å². The molecule has 1 aliphatic rings. The Labute approximate surface area is 92.6 Å². The lowest BCUT2D eigenvalue weighted by molar-refractivity contribution is 0.140. The van der Waals surface area contributed by atoms with Gasteiger partial charge in [-0.2, -0.15) is 0 Å². The molecule has 1 aromatic rings. The highest BCUT2D eigenvalue weighted by atomic mass is 19.1. The molecular formula is C11H12FNO3. The number of carbonyl (C=O) groups is 1. The summed E-state index contributed by atoms with van der Waals surface area (Å²) in [6.45, 7) is 0.971. The Morgan fingerprint density at radius 2 is 2.31 bits per heavy atom. The van der Waals surface area contributed by atoms with Gasteiger partial charge in [-0.1, -0.05) is 0 Å². The van der Waals surface area contributed by atoms with Crippen molar-refractivity contribution in [2.45, 2.75) is 6.42 Å². The van der Waals surface area contributed by atoms with Gasteiger partial charge in [0, 0.05) is 12.6 Å². The lowest BCUT2D eigenvalue weighted by Gasteiger charge is -2.26. The molecule has 4 nitrogen and oxygen atoms in total. The van der Waals surface area contributed by atoms with Gasteiger partial charge in [-0.05, 0) is 18.6 Å². The van der Waals surface area contributed by atoms with Gasteiger partial charge in [-0.3, -0.25) is 4.90 Å². The van der Waals surface area contributed by atoms with Crippen molar-refractivity contribution in [1.82, 2.24) is 0 Å². The summed E-state index contributed by atoms with van der Waals surface area (Å²) in [6, 6.07) is 4.40. The molecule has 0 aliphatic carbocycles. The van der Waals surface area contributed by atoms with Crippen molar-refractivity contribution < 1.29 is 18.7 Å². The third kappa shape index (κ3) is 1.93. The van der Waals surface area contributed by atoms with Crippen LogP contribution in [0.4, 0.5) is 14.9 Å². The second kappa shape index (κ2) is 4.38. The number of anilines is 1. The molecule has 1 amide bonds. The Kier molecular flexibility index (Phi) is 2.94. The van der Waals surface area contributed by atoms with E-state index in [1.165, 1.54) is 24.1 Å². The van der Waals surface area contributed by atoms with Crippen molar-refractivity contribution in [3.05, 3.63) is 24.0 Å². The first-order valence-electron chi connectivity index (χ1n) is 5.00. The van der Waals surface area contributed by atoms with Crippen LogP contribution in [-0.2, 0) is 4.74 Å². The smallest absolute Gasteiger partial charge is 0.414 e. The number of halogens is 1. The molecule has 2 rings (SSSR count). The maximum Gasteiger partial charge on any atom is 0.414 e. The largest absolute Gasteiger partial charge is 0.494 e. The normalized spacial score (nSPS) is 15.9. The van der Waals surface area contributed by atoms with Crippen molar-refractivity contribution in [3.63, 3.8) is 0 Å². The van der Waals surface area contributed by atoms with E-state index < -0.39 is 11.9 Å². The number of hydrogen-bond acceptors (Lipinski definition) is 3. The molecule has 1 saturated heterocycles. The van der Waals surface area contributed by atoms with Crippen molar-refractivity contribution in [2.24, 2.45) is 0 Å². The van der Waals surface area contributed by atoms with Crippen LogP contribution in [0.1, 0.15) is 6.42 Å². The average molecular weight is 225 g/mol. The SMILES string of the molecule is COc1ccc(N2CCCOC2=O)cc1F. The van der Waals surface area contributed by atoms with Gasteiger partial charge in [-0.15, -0.1) is 0 Å². The number of hydrogen-bond donors (Lipinski definition) is 0. The highest BCUT2D eigenvalue weighted by Gasteiger charge is 2.22. The molecule has 1 aromatic carbocycles. The lowest BCUT2D eigenvalue weighted by Crippen LogP contribution is -2.37. The van der Waals surface area contributed by atoms with Crippen LogP contribution >= 0.6 is 0 Å². The van der Waals surface area contributed by atoms with Crippen molar-refractivity contribution in [3.8, 4) is 5.75 Å². The van der Waals surface area contributed by atoms with Crippen LogP contribution < -0.4 is 9.64 Å². The molecular weight excluding hydrogens is 213 g/mol. The van der Waals surface area contributed by atoms with E-state index >= 15 is 0 Å². The number of cyclic esters (lactones) is 1. The van der Waals surface area contributed by atoms with Gasteiger partial charge in [0.1, 0.15) is 0 Å². The number of carbonyl (C=O) groups excluding carboxylic acids is 1. The molecule has 0 saturated carbocycles. The van der Waals surface area contributed by atoms with Gasteiger partial charge in [-0.25, -0.2) is 9.18 Å². The first-order valence-corrected chi connectivity index (χ1v) is 5.00. The minimum absolute atomic E-state index is 0.161. The van der Waals surface area contributed by atoms with Gasteiger partial charge in [0.05, 0.1) is 19.4 Å². The number of benzene rings is 1. The van der Waals surface area contributed by atoms with Gasteiger partial charge in [0.15, 0.2) is 11.6 Å². The zero-order valence-electron chi connectivity index (χ0n) is 8.90. The van der Waals surface area contributed by atoms with Crippen molar-refractivity contribution >= 4 is 11.8 Å². The molecule has 0 spiro atoms. The molecule has 0 atom stereocenters. The maximum absolute atomic E-state index is 13.4. The second-order valence-electron chi connectivity index (χ2n) is 3.44. The van der Waals surface area contributed by atoms with Crippen molar-refractivity contribution in [1.29, 1.82) is 0 Å². The molecule has 0 N–H and O–H groups in total. The van der Waals surface area contributed by atoms with Crippen LogP contribution in [-0.4, -0.2) is 26.4 Å². The summed E-state index contributed by atoms with van der Waals surface area (Å²) in [5.41, 5.74) is 0.489. The topological polar surface area (TPSA) is 38.8 Å². The molecule has 5 heteroatoms. The summed E-state index contributed by atoms with van der Waals surface area (Å²) in [4.78, 5) is 12.8. The second-order valence-corrected chi connectivity index (χ2v) is 3.44. The Morgan fingerprint density at radius 3 is 2.94 bits per heavy atom. The van der Waals surface area contributed by atoms with Gasteiger partial charge in [0.2, 0.25) is 0 Å². The fourth-order valence-electron chi connectivity index (χ4n) is 1.61. The Morgan fingerprint density at radius 1 is 1.50 bits per heavy atom. The van der Waals surface area contributed by atoms with E-state index in [2.05, 4.69) is 0 Å². The Hall–Kier alpha value is -1.78. The van der Waals surface area contributed by atoms with Crippen LogP contribution in [0, 0.1) is 5.82 Å². The van der Waals surface area contributed by atoms with E-state index in [-0.39, 0.29) is 5.75 Å². The van der Waals surface area contributed by atoms with E-state index in [0.717, 1.165) is 6.42 Å². The summed E-state index contributed by atoms with van der Waals surface area (Å²) in [5.74, 6) is -0.326. The first kappa shape index (κ1) is 10.7. The predicted octanol–water partition coefficient (Wildman–Crippen LogP) is 2.18. The summed E-state index contributed by atoms with van der Waals surface area (Å²) in [5, 5.41) is 0. The Balaban J connectivity index is 2.26. The standard InChI is InChI=1S/C11H12FNO3/c1-15-10-4-3-8(7-9(10)12)13-5-2-6-16-11(13)14/h3-4,7H,2,5-6H2,1H3. The van der Waals surface area contributed by atoms with Gasteiger partial charge in [0.25, 0.3) is 0 Å². The highest BCUT2D eigenvalue weighted by Crippen LogP contribution is 2.25. The lowest BCUT2D eigenvalue weighted by atomic mass is 10.2. The predicted molar refractivity (Wildman–Crippen MR) is 56.3 cm³/mol. The van der Waals surface area contributed by atoms with Crippen molar-refractivity contribution in [2.75, 3.05) is 25.2 Å². The fraction of sp³-hybridized carbons (Fsp3) is 0.364. The molecule has 1 fully saturated rings. The molecule has 0 radical (unpaired) electrons. The van der Waals surface area contributed by atoms with Crippen LogP contribution in [0.25, 0.3) is 0 Å². The van der Waals surface area contributed by atoms with E-state index in [4.69, 9.17) is 9.47 Å². The average Bonchev–Trinajstić information content (AvgIpc) is 2.29. The van der Waals surface area contributed by atoms with Crippen LogP contribution in [0.3, 0.4) is 0 Å². The molecule has 1 heterocycles. The van der Waals surface area contributed by atoms with E-state index in [9.17, 15) is 9.18 Å². The minimum atomic E-state index is -0.488. The highest BCUT2D eigenvalue weighted by molar-refractivity contribution is 5.88. The van der Waals surface area contributed by atoms with Crippen LogP contribution in [0.2, 0.25) is 0 Å². The minimum Gasteiger partial charge on any atom is -0.494 e. The maximum atomic E-state index is 13.4. The summed E-state index contributed by atoms with van der Waals surface area (Å²) >= 11 is 0. The zero-order chi connectivity index (χ0) is 11.5. The molecule has 1 aliphatic heterocycles. The number of methoxy groups -OCH3 is 1. The molecule has 0 unspecified atom stereocenters. The Bertz CT molecular complexity index is 408. The van der Waals surface area contributed by atoms with Crippen LogP contribution in [0.15, 0.2) is 18.2 Å². The number of amides is 1. The van der Waals surface area contributed by atoms with E-state index in [1.807, 2.05) is 0 Å². The zero-order valence-corrected chi connectivity index (χ0v) is 8.90. The molecule has 0 bridgehead atoms. The number of ether oxygens (including phenoxy) is 2.